The number of nitrogens with one attached hydrogen (secondary N) is 1. The van der Waals surface area contributed by atoms with Crippen molar-refractivity contribution in [3.63, 3.8) is 0 Å². The SMILES string of the molecule is COc1ccc(CCCNC(=O)[C@@H]2CCCN(Cc3ccc(F)cc3)C2)cc1OC. The van der Waals surface area contributed by atoms with Crippen molar-refractivity contribution in [3.05, 3.63) is 59.4 Å². The topological polar surface area (TPSA) is 50.8 Å². The van der Waals surface area contributed by atoms with Crippen LogP contribution in [0.25, 0.3) is 0 Å². The van der Waals surface area contributed by atoms with Crippen molar-refractivity contribution in [3.8, 4) is 11.5 Å². The van der Waals surface area contributed by atoms with Gasteiger partial charge < -0.3 is 14.8 Å². The van der Waals surface area contributed by atoms with Crippen LogP contribution in [-0.2, 0) is 17.8 Å². The number of carbonyl (C=O) groups excluding carboxylic acids is 1. The van der Waals surface area contributed by atoms with Crippen LogP contribution in [0.4, 0.5) is 4.39 Å². The Morgan fingerprint density at radius 2 is 1.83 bits per heavy atom. The van der Waals surface area contributed by atoms with Crippen molar-refractivity contribution >= 4 is 5.91 Å². The zero-order chi connectivity index (χ0) is 21.3. The van der Waals surface area contributed by atoms with Gasteiger partial charge in [-0.3, -0.25) is 9.69 Å². The third-order valence-electron chi connectivity index (χ3n) is 5.59. The Hall–Kier alpha value is -2.60. The van der Waals surface area contributed by atoms with E-state index in [4.69, 9.17) is 9.47 Å². The fourth-order valence-electron chi connectivity index (χ4n) is 3.95. The Morgan fingerprint density at radius 1 is 1.10 bits per heavy atom. The van der Waals surface area contributed by atoms with Crippen LogP contribution in [0.5, 0.6) is 11.5 Å². The molecule has 162 valence electrons. The van der Waals surface area contributed by atoms with Gasteiger partial charge in [-0.1, -0.05) is 18.2 Å². The molecule has 6 heteroatoms. The Morgan fingerprint density at radius 3 is 2.57 bits per heavy atom. The fourth-order valence-corrected chi connectivity index (χ4v) is 3.95. The average Bonchev–Trinajstić information content (AvgIpc) is 2.78. The molecule has 0 spiro atoms. The second kappa shape index (κ2) is 11.0. The van der Waals surface area contributed by atoms with Crippen molar-refractivity contribution in [1.82, 2.24) is 10.2 Å². The lowest BCUT2D eigenvalue weighted by Crippen LogP contribution is -2.42. The third-order valence-corrected chi connectivity index (χ3v) is 5.59. The van der Waals surface area contributed by atoms with Crippen molar-refractivity contribution in [2.75, 3.05) is 33.9 Å². The van der Waals surface area contributed by atoms with Crippen LogP contribution in [-0.4, -0.2) is 44.7 Å². The quantitative estimate of drug-likeness (QED) is 0.634. The summed E-state index contributed by atoms with van der Waals surface area (Å²) in [6.45, 7) is 3.13. The first kappa shape index (κ1) is 22.1. The van der Waals surface area contributed by atoms with E-state index in [0.29, 0.717) is 6.54 Å². The third kappa shape index (κ3) is 6.20. The van der Waals surface area contributed by atoms with Gasteiger partial charge in [0.2, 0.25) is 5.91 Å². The number of benzene rings is 2. The van der Waals surface area contributed by atoms with Gasteiger partial charge in [0.25, 0.3) is 0 Å². The fraction of sp³-hybridized carbons (Fsp3) is 0.458. The summed E-state index contributed by atoms with van der Waals surface area (Å²) in [5, 5.41) is 3.09. The van der Waals surface area contributed by atoms with Gasteiger partial charge in [-0.15, -0.1) is 0 Å². The van der Waals surface area contributed by atoms with Gasteiger partial charge >= 0.3 is 0 Å². The molecule has 1 aliphatic rings. The van der Waals surface area contributed by atoms with Crippen LogP contribution in [0.15, 0.2) is 42.5 Å². The highest BCUT2D eigenvalue weighted by Crippen LogP contribution is 2.28. The summed E-state index contributed by atoms with van der Waals surface area (Å²) in [6.07, 6.45) is 3.65. The molecule has 1 fully saturated rings. The first-order chi connectivity index (χ1) is 14.6. The van der Waals surface area contributed by atoms with Gasteiger partial charge in [0, 0.05) is 19.6 Å². The number of carbonyl (C=O) groups is 1. The number of rotatable bonds is 9. The number of methoxy groups -OCH3 is 2. The number of hydrogen-bond acceptors (Lipinski definition) is 4. The molecule has 30 heavy (non-hydrogen) atoms. The monoisotopic (exact) mass is 414 g/mol. The lowest BCUT2D eigenvalue weighted by molar-refractivity contribution is -0.126. The lowest BCUT2D eigenvalue weighted by Gasteiger charge is -2.32. The largest absolute Gasteiger partial charge is 0.493 e. The molecule has 1 atom stereocenters. The van der Waals surface area contributed by atoms with E-state index in [1.54, 1.807) is 14.2 Å². The molecule has 0 aliphatic carbocycles. The zero-order valence-electron chi connectivity index (χ0n) is 17.8. The molecular weight excluding hydrogens is 383 g/mol. The maximum atomic E-state index is 13.1. The molecule has 2 aromatic rings. The Kier molecular flexibility index (Phi) is 8.08. The van der Waals surface area contributed by atoms with Gasteiger partial charge in [-0.2, -0.15) is 0 Å². The highest BCUT2D eigenvalue weighted by molar-refractivity contribution is 5.78. The van der Waals surface area contributed by atoms with E-state index in [2.05, 4.69) is 10.2 Å². The van der Waals surface area contributed by atoms with E-state index < -0.39 is 0 Å². The minimum atomic E-state index is -0.220. The molecule has 1 aliphatic heterocycles. The zero-order valence-corrected chi connectivity index (χ0v) is 17.8. The van der Waals surface area contributed by atoms with Crippen LogP contribution in [0, 0.1) is 11.7 Å². The molecule has 5 nitrogen and oxygen atoms in total. The Labute approximate surface area is 178 Å². The minimum absolute atomic E-state index is 0.0141. The van der Waals surface area contributed by atoms with E-state index in [1.165, 1.54) is 12.1 Å². The number of piperidine rings is 1. The van der Waals surface area contributed by atoms with Crippen LogP contribution >= 0.6 is 0 Å². The van der Waals surface area contributed by atoms with Gasteiger partial charge in [0.05, 0.1) is 20.1 Å². The van der Waals surface area contributed by atoms with Crippen molar-refractivity contribution in [2.24, 2.45) is 5.92 Å². The van der Waals surface area contributed by atoms with E-state index in [1.807, 2.05) is 30.3 Å². The summed E-state index contributed by atoms with van der Waals surface area (Å²) in [6, 6.07) is 12.5. The summed E-state index contributed by atoms with van der Waals surface area (Å²) < 4.78 is 23.7. The van der Waals surface area contributed by atoms with Crippen LogP contribution in [0.2, 0.25) is 0 Å². The Balaban J connectivity index is 1.41. The lowest BCUT2D eigenvalue weighted by atomic mass is 9.96. The molecule has 2 aromatic carbocycles. The number of ether oxygens (including phenoxy) is 2. The average molecular weight is 415 g/mol. The van der Waals surface area contributed by atoms with Crippen LogP contribution in [0.1, 0.15) is 30.4 Å². The van der Waals surface area contributed by atoms with E-state index in [9.17, 15) is 9.18 Å². The number of hydrogen-bond donors (Lipinski definition) is 1. The van der Waals surface area contributed by atoms with Gasteiger partial charge in [-0.05, 0) is 67.6 Å². The predicted molar refractivity (Wildman–Crippen MR) is 115 cm³/mol. The summed E-state index contributed by atoms with van der Waals surface area (Å²) >= 11 is 0. The second-order valence-corrected chi connectivity index (χ2v) is 7.78. The summed E-state index contributed by atoms with van der Waals surface area (Å²) in [5.74, 6) is 1.37. The molecule has 1 N–H and O–H groups in total. The van der Waals surface area contributed by atoms with Gasteiger partial charge in [0.15, 0.2) is 11.5 Å². The van der Waals surface area contributed by atoms with Crippen LogP contribution in [0.3, 0.4) is 0 Å². The number of amides is 1. The van der Waals surface area contributed by atoms with Crippen LogP contribution < -0.4 is 14.8 Å². The number of aryl methyl sites for hydroxylation is 1. The first-order valence-electron chi connectivity index (χ1n) is 10.5. The highest BCUT2D eigenvalue weighted by Gasteiger charge is 2.25. The molecule has 1 heterocycles. The molecule has 3 rings (SSSR count). The van der Waals surface area contributed by atoms with Crippen molar-refractivity contribution in [1.29, 1.82) is 0 Å². The van der Waals surface area contributed by atoms with E-state index in [0.717, 1.165) is 67.9 Å². The first-order valence-corrected chi connectivity index (χ1v) is 10.5. The summed E-state index contributed by atoms with van der Waals surface area (Å²) in [5.41, 5.74) is 2.23. The molecule has 0 unspecified atom stereocenters. The molecular formula is C24H31FN2O3. The molecule has 0 aromatic heterocycles. The Bertz CT molecular complexity index is 826. The summed E-state index contributed by atoms with van der Waals surface area (Å²) in [4.78, 5) is 14.9. The van der Waals surface area contributed by atoms with Crippen molar-refractivity contribution in [2.45, 2.75) is 32.2 Å². The van der Waals surface area contributed by atoms with E-state index in [-0.39, 0.29) is 17.6 Å². The molecule has 1 saturated heterocycles. The second-order valence-electron chi connectivity index (χ2n) is 7.78. The molecule has 0 saturated carbocycles. The number of likely N-dealkylation sites (tertiary alicyclic amines) is 1. The molecule has 0 radical (unpaired) electrons. The number of nitrogens with zero attached hydrogens (tertiary/aromatic N) is 1. The predicted octanol–water partition coefficient (Wildman–Crippen LogP) is 3.80. The van der Waals surface area contributed by atoms with Gasteiger partial charge in [-0.25, -0.2) is 4.39 Å². The van der Waals surface area contributed by atoms with Gasteiger partial charge in [0.1, 0.15) is 5.82 Å². The highest BCUT2D eigenvalue weighted by atomic mass is 19.1. The smallest absolute Gasteiger partial charge is 0.224 e. The molecule has 1 amide bonds. The summed E-state index contributed by atoms with van der Waals surface area (Å²) in [7, 11) is 3.25. The minimum Gasteiger partial charge on any atom is -0.493 e. The normalized spacial score (nSPS) is 16.8. The number of halogens is 1. The maximum Gasteiger partial charge on any atom is 0.224 e. The van der Waals surface area contributed by atoms with Crippen molar-refractivity contribution < 1.29 is 18.7 Å². The van der Waals surface area contributed by atoms with E-state index >= 15 is 0 Å². The maximum absolute atomic E-state index is 13.1. The standard InChI is InChI=1S/C24H31FN2O3/c1-29-22-12-9-18(15-23(22)30-2)5-3-13-26-24(28)20-6-4-14-27(17-20)16-19-7-10-21(25)11-8-19/h7-12,15,20H,3-6,13-14,16-17H2,1-2H3,(H,26,28)/t20-/m1/s1. The molecule has 0 bridgehead atoms.